The summed E-state index contributed by atoms with van der Waals surface area (Å²) >= 11 is 0. The van der Waals surface area contributed by atoms with Gasteiger partial charge in [-0.1, -0.05) is 18.2 Å². The maximum Gasteiger partial charge on any atom is 0.273 e. The van der Waals surface area contributed by atoms with Crippen LogP contribution in [0, 0.1) is 0 Å². The van der Waals surface area contributed by atoms with E-state index in [2.05, 4.69) is 27.4 Å². The molecule has 1 aromatic carbocycles. The Bertz CT molecular complexity index is 738. The van der Waals surface area contributed by atoms with Gasteiger partial charge in [0.15, 0.2) is 0 Å². The van der Waals surface area contributed by atoms with Crippen LogP contribution in [0.1, 0.15) is 34.8 Å². The highest BCUT2D eigenvalue weighted by Gasteiger charge is 2.28. The van der Waals surface area contributed by atoms with Gasteiger partial charge < -0.3 is 14.2 Å². The van der Waals surface area contributed by atoms with Gasteiger partial charge in [0.05, 0.1) is 13.2 Å². The summed E-state index contributed by atoms with van der Waals surface area (Å²) in [6.07, 6.45) is 1.87. The highest BCUT2D eigenvalue weighted by atomic mass is 16.5. The Balaban J connectivity index is 1.82. The number of carbonyl (C=O) groups excluding carboxylic acids is 1. The molecule has 6 heteroatoms. The predicted octanol–water partition coefficient (Wildman–Crippen LogP) is 2.17. The van der Waals surface area contributed by atoms with Crippen molar-refractivity contribution in [2.45, 2.75) is 26.1 Å². The average molecular weight is 328 g/mol. The Hall–Kier alpha value is -2.34. The Morgan fingerprint density at radius 3 is 2.79 bits per heavy atom. The van der Waals surface area contributed by atoms with E-state index in [4.69, 9.17) is 4.74 Å². The molecule has 0 bridgehead atoms. The summed E-state index contributed by atoms with van der Waals surface area (Å²) in [6, 6.07) is 8.23. The van der Waals surface area contributed by atoms with Gasteiger partial charge in [-0.2, -0.15) is 0 Å². The van der Waals surface area contributed by atoms with Crippen molar-refractivity contribution in [1.29, 1.82) is 0 Å². The van der Waals surface area contributed by atoms with E-state index in [0.717, 1.165) is 36.8 Å². The number of rotatable bonds is 4. The van der Waals surface area contributed by atoms with Gasteiger partial charge in [-0.15, -0.1) is 0 Å². The molecule has 0 saturated heterocycles. The van der Waals surface area contributed by atoms with E-state index < -0.39 is 0 Å². The first-order chi connectivity index (χ1) is 11.5. The van der Waals surface area contributed by atoms with Crippen LogP contribution in [0.15, 0.2) is 30.5 Å². The molecule has 0 N–H and O–H groups in total. The van der Waals surface area contributed by atoms with Crippen LogP contribution in [0.4, 0.5) is 0 Å². The van der Waals surface area contributed by atoms with Gasteiger partial charge >= 0.3 is 0 Å². The lowest BCUT2D eigenvalue weighted by molar-refractivity contribution is 0.0822. The first-order valence-electron chi connectivity index (χ1n) is 8.16. The second kappa shape index (κ2) is 6.65. The quantitative estimate of drug-likeness (QED) is 0.863. The Labute approximate surface area is 142 Å². The highest BCUT2D eigenvalue weighted by Crippen LogP contribution is 2.28. The fraction of sp³-hybridized carbons (Fsp3) is 0.444. The summed E-state index contributed by atoms with van der Waals surface area (Å²) in [5.74, 6) is 1.80. The third-order valence-electron chi connectivity index (χ3n) is 4.55. The normalized spacial score (nSPS) is 17.4. The maximum atomic E-state index is 12.1. The number of hydrogen-bond donors (Lipinski definition) is 0. The van der Waals surface area contributed by atoms with Gasteiger partial charge in [-0.3, -0.25) is 9.69 Å². The van der Waals surface area contributed by atoms with Crippen LogP contribution in [0.2, 0.25) is 0 Å². The van der Waals surface area contributed by atoms with Crippen molar-refractivity contribution in [1.82, 2.24) is 19.4 Å². The van der Waals surface area contributed by atoms with Crippen molar-refractivity contribution in [3.05, 3.63) is 47.5 Å². The van der Waals surface area contributed by atoms with E-state index >= 15 is 0 Å². The number of methoxy groups -OCH3 is 1. The number of amides is 1. The van der Waals surface area contributed by atoms with Crippen molar-refractivity contribution in [2.24, 2.45) is 0 Å². The first kappa shape index (κ1) is 16.5. The smallest absolute Gasteiger partial charge is 0.273 e. The number of carbonyl (C=O) groups is 1. The van der Waals surface area contributed by atoms with Crippen LogP contribution in [0.5, 0.6) is 5.75 Å². The molecule has 1 amide bonds. The summed E-state index contributed by atoms with van der Waals surface area (Å²) in [4.78, 5) is 20.7. The molecule has 0 saturated carbocycles. The van der Waals surface area contributed by atoms with Crippen molar-refractivity contribution < 1.29 is 9.53 Å². The van der Waals surface area contributed by atoms with Crippen LogP contribution in [0.3, 0.4) is 0 Å². The van der Waals surface area contributed by atoms with Crippen LogP contribution in [-0.4, -0.2) is 53.0 Å². The van der Waals surface area contributed by atoms with Gasteiger partial charge in [0.25, 0.3) is 5.91 Å². The number of ether oxygens (including phenoxy) is 1. The SMILES string of the molecule is COc1ccccc1CN1CCn2cc(C(=O)N(C)C)nc2[C@H]1C. The first-order valence-corrected chi connectivity index (χ1v) is 8.16. The fourth-order valence-corrected chi connectivity index (χ4v) is 3.14. The average Bonchev–Trinajstić information content (AvgIpc) is 3.02. The number of nitrogens with zero attached hydrogens (tertiary/aromatic N) is 4. The summed E-state index contributed by atoms with van der Waals surface area (Å²) < 4.78 is 7.55. The number of para-hydroxylation sites is 1. The minimum Gasteiger partial charge on any atom is -0.496 e. The minimum absolute atomic E-state index is 0.0552. The highest BCUT2D eigenvalue weighted by molar-refractivity contribution is 5.91. The second-order valence-corrected chi connectivity index (χ2v) is 6.34. The molecule has 0 aliphatic carbocycles. The summed E-state index contributed by atoms with van der Waals surface area (Å²) in [7, 11) is 5.19. The van der Waals surface area contributed by atoms with Crippen LogP contribution in [-0.2, 0) is 13.1 Å². The van der Waals surface area contributed by atoms with E-state index in [1.54, 1.807) is 26.1 Å². The molecule has 0 fully saturated rings. The van der Waals surface area contributed by atoms with E-state index in [0.29, 0.717) is 5.69 Å². The number of imidazole rings is 1. The third-order valence-corrected chi connectivity index (χ3v) is 4.55. The summed E-state index contributed by atoms with van der Waals surface area (Å²) in [6.45, 7) is 4.69. The van der Waals surface area contributed by atoms with Gasteiger partial charge in [-0.25, -0.2) is 4.98 Å². The van der Waals surface area contributed by atoms with Crippen LogP contribution >= 0.6 is 0 Å². The molecule has 0 spiro atoms. The largest absolute Gasteiger partial charge is 0.496 e. The molecule has 0 radical (unpaired) electrons. The Morgan fingerprint density at radius 2 is 2.08 bits per heavy atom. The maximum absolute atomic E-state index is 12.1. The minimum atomic E-state index is -0.0552. The van der Waals surface area contributed by atoms with Crippen molar-refractivity contribution >= 4 is 5.91 Å². The predicted molar refractivity (Wildman–Crippen MR) is 92.1 cm³/mol. The van der Waals surface area contributed by atoms with Gasteiger partial charge in [0.2, 0.25) is 0 Å². The van der Waals surface area contributed by atoms with Crippen molar-refractivity contribution in [3.8, 4) is 5.75 Å². The van der Waals surface area contributed by atoms with E-state index in [1.165, 1.54) is 0 Å². The number of fused-ring (bicyclic) bond motifs is 1. The topological polar surface area (TPSA) is 50.6 Å². The van der Waals surface area contributed by atoms with Crippen molar-refractivity contribution in [2.75, 3.05) is 27.7 Å². The lowest BCUT2D eigenvalue weighted by atomic mass is 10.1. The monoisotopic (exact) mass is 328 g/mol. The molecule has 2 heterocycles. The lowest BCUT2D eigenvalue weighted by Gasteiger charge is -2.34. The second-order valence-electron chi connectivity index (χ2n) is 6.34. The molecule has 1 aliphatic heterocycles. The van der Waals surface area contributed by atoms with Crippen LogP contribution in [0.25, 0.3) is 0 Å². The zero-order valence-electron chi connectivity index (χ0n) is 14.7. The molecule has 1 aromatic heterocycles. The number of benzene rings is 1. The van der Waals surface area contributed by atoms with Crippen LogP contribution < -0.4 is 4.74 Å². The molecule has 1 atom stereocenters. The molecule has 24 heavy (non-hydrogen) atoms. The zero-order valence-corrected chi connectivity index (χ0v) is 14.7. The Morgan fingerprint density at radius 1 is 1.33 bits per heavy atom. The third kappa shape index (κ3) is 3.01. The summed E-state index contributed by atoms with van der Waals surface area (Å²) in [5, 5.41) is 0. The molecule has 6 nitrogen and oxygen atoms in total. The fourth-order valence-electron chi connectivity index (χ4n) is 3.14. The molecule has 128 valence electrons. The number of aromatic nitrogens is 2. The summed E-state index contributed by atoms with van der Waals surface area (Å²) in [5.41, 5.74) is 1.68. The van der Waals surface area contributed by atoms with E-state index in [1.807, 2.05) is 24.4 Å². The lowest BCUT2D eigenvalue weighted by Crippen LogP contribution is -2.36. The molecule has 2 aromatic rings. The zero-order chi connectivity index (χ0) is 17.3. The number of hydrogen-bond acceptors (Lipinski definition) is 4. The van der Waals surface area contributed by atoms with E-state index in [9.17, 15) is 4.79 Å². The van der Waals surface area contributed by atoms with Crippen molar-refractivity contribution in [3.63, 3.8) is 0 Å². The van der Waals surface area contributed by atoms with Gasteiger partial charge in [0, 0.05) is 45.5 Å². The molecular formula is C18H24N4O2. The Kier molecular flexibility index (Phi) is 4.57. The molecule has 0 unspecified atom stereocenters. The molecule has 3 rings (SSSR count). The molecule has 1 aliphatic rings. The van der Waals surface area contributed by atoms with E-state index in [-0.39, 0.29) is 11.9 Å². The standard InChI is InChI=1S/C18H24N4O2/c1-13-17-19-15(18(23)20(2)3)12-22(17)10-9-21(13)11-14-7-5-6-8-16(14)24-4/h5-8,12-13H,9-11H2,1-4H3/t13-/m1/s1. The van der Waals surface area contributed by atoms with Gasteiger partial charge in [0.1, 0.15) is 17.3 Å². The molecular weight excluding hydrogens is 304 g/mol. The van der Waals surface area contributed by atoms with Gasteiger partial charge in [-0.05, 0) is 13.0 Å².